The third-order valence-electron chi connectivity index (χ3n) is 4.84. The summed E-state index contributed by atoms with van der Waals surface area (Å²) in [7, 11) is 0. The van der Waals surface area contributed by atoms with E-state index in [0.717, 1.165) is 24.9 Å². The molecular weight excluding hydrogens is 374 g/mol. The van der Waals surface area contributed by atoms with Gasteiger partial charge in [-0.15, -0.1) is 11.8 Å². The number of fused-ring (bicyclic) bond motifs is 1. The lowest BCUT2D eigenvalue weighted by molar-refractivity contribution is -0.115. The van der Waals surface area contributed by atoms with E-state index in [2.05, 4.69) is 27.6 Å². The molecule has 6 nitrogen and oxygen atoms in total. The molecule has 1 atom stereocenters. The fourth-order valence-corrected chi connectivity index (χ4v) is 4.35. The standard InChI is InChI=1S/C21H19N3O3S/c25-20(18-11-14-3-1-2-4-17(14)28-18)22-15-7-9-16(10-8-15)26-12-19-23-21(27-24-19)13-5-6-13/h1-4,7-10,13,18H,5-6,11-12H2,(H,22,25). The number of carbonyl (C=O) groups is 1. The van der Waals surface area contributed by atoms with E-state index in [4.69, 9.17) is 9.26 Å². The first-order valence-electron chi connectivity index (χ1n) is 9.35. The van der Waals surface area contributed by atoms with Gasteiger partial charge in [0, 0.05) is 16.5 Å². The number of aromatic nitrogens is 2. The maximum absolute atomic E-state index is 12.6. The second kappa shape index (κ2) is 7.31. The molecule has 0 saturated heterocycles. The molecule has 1 amide bonds. The number of carbonyl (C=O) groups excluding carboxylic acids is 1. The van der Waals surface area contributed by atoms with Crippen LogP contribution in [-0.2, 0) is 17.8 Å². The van der Waals surface area contributed by atoms with Crippen molar-refractivity contribution in [1.82, 2.24) is 10.1 Å². The Bertz CT molecular complexity index is 973. The quantitative estimate of drug-likeness (QED) is 0.677. The molecule has 2 aromatic carbocycles. The summed E-state index contributed by atoms with van der Waals surface area (Å²) in [6.07, 6.45) is 3.02. The minimum atomic E-state index is -0.0905. The molecular formula is C21H19N3O3S. The highest BCUT2D eigenvalue weighted by Crippen LogP contribution is 2.39. The normalized spacial score (nSPS) is 17.9. The van der Waals surface area contributed by atoms with Gasteiger partial charge in [-0.3, -0.25) is 4.79 Å². The Labute approximate surface area is 166 Å². The zero-order chi connectivity index (χ0) is 18.9. The van der Waals surface area contributed by atoms with Gasteiger partial charge >= 0.3 is 0 Å². The van der Waals surface area contributed by atoms with E-state index < -0.39 is 0 Å². The summed E-state index contributed by atoms with van der Waals surface area (Å²) in [6.45, 7) is 0.263. The largest absolute Gasteiger partial charge is 0.485 e. The number of nitrogens with one attached hydrogen (secondary N) is 1. The summed E-state index contributed by atoms with van der Waals surface area (Å²) in [6, 6.07) is 15.5. The van der Waals surface area contributed by atoms with Gasteiger partial charge in [-0.25, -0.2) is 0 Å². The third kappa shape index (κ3) is 3.75. The van der Waals surface area contributed by atoms with Crippen molar-refractivity contribution in [3.8, 4) is 5.75 Å². The van der Waals surface area contributed by atoms with Crippen molar-refractivity contribution in [3.05, 3.63) is 65.8 Å². The molecule has 2 heterocycles. The average molecular weight is 393 g/mol. The highest BCUT2D eigenvalue weighted by Gasteiger charge is 2.30. The van der Waals surface area contributed by atoms with Crippen molar-refractivity contribution in [1.29, 1.82) is 0 Å². The summed E-state index contributed by atoms with van der Waals surface area (Å²) in [5.41, 5.74) is 1.99. The van der Waals surface area contributed by atoms with Crippen LogP contribution in [0.2, 0.25) is 0 Å². The van der Waals surface area contributed by atoms with Gasteiger partial charge in [0.15, 0.2) is 6.61 Å². The lowest BCUT2D eigenvalue weighted by Crippen LogP contribution is -2.24. The fourth-order valence-electron chi connectivity index (χ4n) is 3.16. The number of nitrogens with zero attached hydrogens (tertiary/aromatic N) is 2. The minimum Gasteiger partial charge on any atom is -0.485 e. The number of hydrogen-bond donors (Lipinski definition) is 1. The Morgan fingerprint density at radius 1 is 1.18 bits per heavy atom. The van der Waals surface area contributed by atoms with Crippen LogP contribution in [0.3, 0.4) is 0 Å². The topological polar surface area (TPSA) is 77.2 Å². The molecule has 0 spiro atoms. The van der Waals surface area contributed by atoms with Crippen molar-refractivity contribution >= 4 is 23.4 Å². The van der Waals surface area contributed by atoms with E-state index in [-0.39, 0.29) is 17.8 Å². The van der Waals surface area contributed by atoms with E-state index in [1.165, 1.54) is 10.5 Å². The summed E-state index contributed by atoms with van der Waals surface area (Å²) in [4.78, 5) is 18.1. The smallest absolute Gasteiger partial charge is 0.238 e. The second-order valence-corrected chi connectivity index (χ2v) is 8.29. The lowest BCUT2D eigenvalue weighted by atomic mass is 10.1. The first-order valence-corrected chi connectivity index (χ1v) is 10.2. The van der Waals surface area contributed by atoms with Crippen LogP contribution in [0.25, 0.3) is 0 Å². The fraction of sp³-hybridized carbons (Fsp3) is 0.286. The van der Waals surface area contributed by atoms with Crippen LogP contribution >= 0.6 is 11.8 Å². The number of hydrogen-bond acceptors (Lipinski definition) is 6. The van der Waals surface area contributed by atoms with Crippen molar-refractivity contribution in [2.45, 2.75) is 41.9 Å². The molecule has 7 heteroatoms. The maximum atomic E-state index is 12.6. The molecule has 0 bridgehead atoms. The van der Waals surface area contributed by atoms with Crippen LogP contribution in [0.4, 0.5) is 5.69 Å². The van der Waals surface area contributed by atoms with Gasteiger partial charge in [0.05, 0.1) is 5.25 Å². The zero-order valence-corrected chi connectivity index (χ0v) is 15.9. The molecule has 28 heavy (non-hydrogen) atoms. The van der Waals surface area contributed by atoms with Crippen molar-refractivity contribution in [3.63, 3.8) is 0 Å². The van der Waals surface area contributed by atoms with E-state index in [1.54, 1.807) is 11.8 Å². The monoisotopic (exact) mass is 393 g/mol. The summed E-state index contributed by atoms with van der Waals surface area (Å²) in [5, 5.41) is 6.84. The van der Waals surface area contributed by atoms with Gasteiger partial charge in [-0.2, -0.15) is 4.98 Å². The minimum absolute atomic E-state index is 0.0225. The molecule has 1 aliphatic heterocycles. The Morgan fingerprint density at radius 2 is 2.00 bits per heavy atom. The van der Waals surface area contributed by atoms with Gasteiger partial charge in [0.2, 0.25) is 17.6 Å². The van der Waals surface area contributed by atoms with Crippen molar-refractivity contribution in [2.24, 2.45) is 0 Å². The van der Waals surface area contributed by atoms with Gasteiger partial charge in [0.1, 0.15) is 5.75 Å². The Morgan fingerprint density at radius 3 is 2.79 bits per heavy atom. The van der Waals surface area contributed by atoms with Gasteiger partial charge in [-0.05, 0) is 55.2 Å². The average Bonchev–Trinajstić information content (AvgIpc) is 3.30. The van der Waals surface area contributed by atoms with Crippen LogP contribution in [0.15, 0.2) is 57.9 Å². The third-order valence-corrected chi connectivity index (χ3v) is 6.16. The van der Waals surface area contributed by atoms with Crippen LogP contribution < -0.4 is 10.1 Å². The predicted octanol–water partition coefficient (Wildman–Crippen LogP) is 4.18. The van der Waals surface area contributed by atoms with E-state index >= 15 is 0 Å². The Balaban J connectivity index is 1.14. The number of amides is 1. The molecule has 1 N–H and O–H groups in total. The molecule has 1 unspecified atom stereocenters. The van der Waals surface area contributed by atoms with Crippen LogP contribution in [0, 0.1) is 0 Å². The van der Waals surface area contributed by atoms with E-state index in [9.17, 15) is 4.79 Å². The molecule has 1 saturated carbocycles. The second-order valence-electron chi connectivity index (χ2n) is 7.04. The number of rotatable bonds is 6. The van der Waals surface area contributed by atoms with Crippen LogP contribution in [0.1, 0.15) is 36.0 Å². The molecule has 1 aliphatic carbocycles. The van der Waals surface area contributed by atoms with E-state index in [1.807, 2.05) is 36.4 Å². The van der Waals surface area contributed by atoms with Crippen molar-refractivity contribution in [2.75, 3.05) is 5.32 Å². The Kier molecular flexibility index (Phi) is 4.52. The lowest BCUT2D eigenvalue weighted by Gasteiger charge is -2.10. The van der Waals surface area contributed by atoms with Crippen molar-refractivity contribution < 1.29 is 14.1 Å². The highest BCUT2D eigenvalue weighted by molar-refractivity contribution is 8.01. The van der Waals surface area contributed by atoms with Gasteiger partial charge in [-0.1, -0.05) is 23.4 Å². The molecule has 1 aromatic heterocycles. The van der Waals surface area contributed by atoms with Gasteiger partial charge < -0.3 is 14.6 Å². The number of anilines is 1. The predicted molar refractivity (Wildman–Crippen MR) is 105 cm³/mol. The summed E-state index contributed by atoms with van der Waals surface area (Å²) in [5.74, 6) is 2.42. The number of ether oxygens (including phenoxy) is 1. The molecule has 2 aliphatic rings. The number of benzene rings is 2. The van der Waals surface area contributed by atoms with Crippen LogP contribution in [0.5, 0.6) is 5.75 Å². The zero-order valence-electron chi connectivity index (χ0n) is 15.1. The molecule has 142 valence electrons. The first kappa shape index (κ1) is 17.3. The molecule has 3 aromatic rings. The van der Waals surface area contributed by atoms with Crippen LogP contribution in [-0.4, -0.2) is 21.3 Å². The molecule has 5 rings (SSSR count). The highest BCUT2D eigenvalue weighted by atomic mass is 32.2. The summed E-state index contributed by atoms with van der Waals surface area (Å²) >= 11 is 1.62. The SMILES string of the molecule is O=C(Nc1ccc(OCc2noc(C3CC3)n2)cc1)C1Cc2ccccc2S1. The molecule has 1 fully saturated rings. The van der Waals surface area contributed by atoms with E-state index in [0.29, 0.717) is 23.4 Å². The first-order chi connectivity index (χ1) is 13.7. The van der Waals surface area contributed by atoms with Gasteiger partial charge in [0.25, 0.3) is 0 Å². The Hall–Kier alpha value is -2.80. The maximum Gasteiger partial charge on any atom is 0.238 e. The summed E-state index contributed by atoms with van der Waals surface area (Å²) < 4.78 is 10.9. The molecule has 0 radical (unpaired) electrons. The number of thioether (sulfide) groups is 1.